The molecule has 4 aliphatic rings. The van der Waals surface area contributed by atoms with Gasteiger partial charge in [-0.2, -0.15) is 0 Å². The SMILES string of the molecule is CC(=O)O[C@H]1C[C@H](O[Si](C)(C)C(C)(C)C)CC2=CC=C3[C@@H]4CC[C@H]([C@H](C)CCCC(C)(C)OC(C)=O)[C@@]4(C)CC[C@@H]3[C@]21C. The minimum atomic E-state index is -1.96. The van der Waals surface area contributed by atoms with E-state index < -0.39 is 13.9 Å². The fourth-order valence-corrected chi connectivity index (χ4v) is 10.9. The summed E-state index contributed by atoms with van der Waals surface area (Å²) in [7, 11) is -1.96. The van der Waals surface area contributed by atoms with Crippen molar-refractivity contribution in [3.05, 3.63) is 23.3 Å². The van der Waals surface area contributed by atoms with Crippen LogP contribution in [-0.2, 0) is 23.5 Å². The van der Waals surface area contributed by atoms with Gasteiger partial charge < -0.3 is 13.9 Å². The van der Waals surface area contributed by atoms with E-state index in [1.165, 1.54) is 38.2 Å². The second-order valence-corrected chi connectivity index (χ2v) is 22.0. The summed E-state index contributed by atoms with van der Waals surface area (Å²) in [6.07, 6.45) is 14.6. The fourth-order valence-electron chi connectivity index (χ4n) is 9.53. The molecular formula is C37H62O5Si. The van der Waals surface area contributed by atoms with E-state index in [-0.39, 0.29) is 34.6 Å². The van der Waals surface area contributed by atoms with Gasteiger partial charge in [0.25, 0.3) is 0 Å². The number of hydrogen-bond donors (Lipinski definition) is 0. The van der Waals surface area contributed by atoms with Crippen LogP contribution in [0.4, 0.5) is 0 Å². The van der Waals surface area contributed by atoms with Gasteiger partial charge in [0.05, 0.1) is 6.10 Å². The zero-order valence-electron chi connectivity index (χ0n) is 29.5. The molecule has 6 heteroatoms. The Morgan fingerprint density at radius 1 is 1.00 bits per heavy atom. The molecule has 3 fully saturated rings. The fraction of sp³-hybridized carbons (Fsp3) is 0.838. The summed E-state index contributed by atoms with van der Waals surface area (Å²) in [4.78, 5) is 24.0. The second-order valence-electron chi connectivity index (χ2n) is 17.2. The van der Waals surface area contributed by atoms with Crippen LogP contribution in [0, 0.1) is 34.5 Å². The molecule has 0 saturated heterocycles. The number of ether oxygens (including phenoxy) is 2. The number of hydrogen-bond acceptors (Lipinski definition) is 5. The van der Waals surface area contributed by atoms with Crippen LogP contribution in [0.15, 0.2) is 23.3 Å². The molecule has 0 amide bonds. The zero-order valence-corrected chi connectivity index (χ0v) is 30.5. The van der Waals surface area contributed by atoms with Crippen LogP contribution in [0.2, 0.25) is 18.1 Å². The first-order chi connectivity index (χ1) is 19.7. The summed E-state index contributed by atoms with van der Waals surface area (Å²) in [6, 6.07) is 0. The number of allylic oxidation sites excluding steroid dienone is 3. The van der Waals surface area contributed by atoms with Gasteiger partial charge in [0, 0.05) is 25.7 Å². The molecule has 3 saturated carbocycles. The Labute approximate surface area is 264 Å². The highest BCUT2D eigenvalue weighted by Gasteiger charge is 2.60. The Morgan fingerprint density at radius 2 is 1.67 bits per heavy atom. The van der Waals surface area contributed by atoms with Gasteiger partial charge in [-0.25, -0.2) is 0 Å². The lowest BCUT2D eigenvalue weighted by atomic mass is 9.49. The van der Waals surface area contributed by atoms with Crippen molar-refractivity contribution in [1.82, 2.24) is 0 Å². The zero-order chi connectivity index (χ0) is 32.2. The van der Waals surface area contributed by atoms with E-state index in [4.69, 9.17) is 13.9 Å². The van der Waals surface area contributed by atoms with Crippen molar-refractivity contribution in [2.75, 3.05) is 0 Å². The molecule has 8 atom stereocenters. The largest absolute Gasteiger partial charge is 0.462 e. The average molecular weight is 615 g/mol. The summed E-state index contributed by atoms with van der Waals surface area (Å²) in [5, 5.41) is 0.140. The maximum atomic E-state index is 12.5. The summed E-state index contributed by atoms with van der Waals surface area (Å²) in [5.41, 5.74) is 2.77. The first-order valence-corrected chi connectivity index (χ1v) is 20.1. The predicted octanol–water partition coefficient (Wildman–Crippen LogP) is 9.57. The van der Waals surface area contributed by atoms with Crippen molar-refractivity contribution in [1.29, 1.82) is 0 Å². The van der Waals surface area contributed by atoms with Crippen molar-refractivity contribution in [2.45, 2.75) is 163 Å². The van der Waals surface area contributed by atoms with E-state index in [1.807, 2.05) is 13.8 Å². The van der Waals surface area contributed by atoms with Crippen LogP contribution in [0.25, 0.3) is 0 Å². The standard InChI is InChI=1S/C37H62O5Si/c1-24(14-13-20-35(7,8)41-26(3)39)30-17-18-31-29-16-15-27-22-28(42-43(11,12)34(4,5)6)23-33(40-25(2)38)37(27,10)32(29)19-21-36(30,31)9/h15-16,24,28,30-33H,13-14,17-23H2,1-12H3/t24-,28-,30-,31+,32+,33+,36-,37+/m1/s1. The molecule has 5 nitrogen and oxygen atoms in total. The van der Waals surface area contributed by atoms with Crippen molar-refractivity contribution in [3.63, 3.8) is 0 Å². The molecule has 0 spiro atoms. The summed E-state index contributed by atoms with van der Waals surface area (Å²) >= 11 is 0. The summed E-state index contributed by atoms with van der Waals surface area (Å²) in [6.45, 7) is 26.1. The molecular weight excluding hydrogens is 552 g/mol. The third-order valence-electron chi connectivity index (χ3n) is 12.8. The Kier molecular flexibility index (Phi) is 9.68. The summed E-state index contributed by atoms with van der Waals surface area (Å²) in [5.74, 6) is 1.98. The third-order valence-corrected chi connectivity index (χ3v) is 17.3. The number of esters is 2. The lowest BCUT2D eigenvalue weighted by Gasteiger charge is -2.57. The van der Waals surface area contributed by atoms with E-state index >= 15 is 0 Å². The first-order valence-electron chi connectivity index (χ1n) is 17.2. The van der Waals surface area contributed by atoms with Gasteiger partial charge in [-0.05, 0) is 106 Å². The van der Waals surface area contributed by atoms with Crippen LogP contribution in [0.5, 0.6) is 0 Å². The topological polar surface area (TPSA) is 61.8 Å². The first kappa shape index (κ1) is 34.5. The lowest BCUT2D eigenvalue weighted by Crippen LogP contribution is -2.55. The quantitative estimate of drug-likeness (QED) is 0.191. The highest BCUT2D eigenvalue weighted by atomic mass is 28.4. The highest BCUT2D eigenvalue weighted by molar-refractivity contribution is 6.74. The van der Waals surface area contributed by atoms with Gasteiger partial charge in [-0.15, -0.1) is 0 Å². The van der Waals surface area contributed by atoms with E-state index in [9.17, 15) is 9.59 Å². The number of fused-ring (bicyclic) bond motifs is 5. The Balaban J connectivity index is 1.54. The van der Waals surface area contributed by atoms with Gasteiger partial charge >= 0.3 is 11.9 Å². The molecule has 0 N–H and O–H groups in total. The molecule has 0 aliphatic heterocycles. The average Bonchev–Trinajstić information content (AvgIpc) is 3.20. The van der Waals surface area contributed by atoms with Crippen molar-refractivity contribution >= 4 is 20.3 Å². The molecule has 0 radical (unpaired) electrons. The predicted molar refractivity (Wildman–Crippen MR) is 177 cm³/mol. The molecule has 0 aromatic rings. The van der Waals surface area contributed by atoms with E-state index in [0.717, 1.165) is 32.1 Å². The van der Waals surface area contributed by atoms with Crippen LogP contribution in [0.3, 0.4) is 0 Å². The Morgan fingerprint density at radius 3 is 2.28 bits per heavy atom. The monoisotopic (exact) mass is 614 g/mol. The van der Waals surface area contributed by atoms with Gasteiger partial charge in [0.2, 0.25) is 0 Å². The molecule has 0 bridgehead atoms. The van der Waals surface area contributed by atoms with Crippen LogP contribution in [-0.4, -0.2) is 38.1 Å². The summed E-state index contributed by atoms with van der Waals surface area (Å²) < 4.78 is 18.7. The Hall–Kier alpha value is -1.40. The molecule has 0 aromatic heterocycles. The normalized spacial score (nSPS) is 35.1. The van der Waals surface area contributed by atoms with E-state index in [1.54, 1.807) is 12.5 Å². The smallest absolute Gasteiger partial charge is 0.303 e. The van der Waals surface area contributed by atoms with Crippen molar-refractivity contribution < 1.29 is 23.5 Å². The molecule has 0 unspecified atom stereocenters. The molecule has 4 rings (SSSR count). The maximum Gasteiger partial charge on any atom is 0.303 e. The van der Waals surface area contributed by atoms with Crippen LogP contribution < -0.4 is 0 Å². The van der Waals surface area contributed by atoms with Crippen molar-refractivity contribution in [2.24, 2.45) is 34.5 Å². The molecule has 244 valence electrons. The molecule has 4 aliphatic carbocycles. The third kappa shape index (κ3) is 6.76. The van der Waals surface area contributed by atoms with Crippen LogP contribution in [0.1, 0.15) is 127 Å². The minimum Gasteiger partial charge on any atom is -0.462 e. The molecule has 0 aromatic carbocycles. The molecule has 0 heterocycles. The number of carbonyl (C=O) groups is 2. The number of rotatable bonds is 9. The highest BCUT2D eigenvalue weighted by Crippen LogP contribution is 2.66. The minimum absolute atomic E-state index is 0.0934. The maximum absolute atomic E-state index is 12.5. The van der Waals surface area contributed by atoms with E-state index in [0.29, 0.717) is 29.1 Å². The lowest BCUT2D eigenvalue weighted by molar-refractivity contribution is -0.159. The van der Waals surface area contributed by atoms with Crippen LogP contribution >= 0.6 is 0 Å². The van der Waals surface area contributed by atoms with Gasteiger partial charge in [0.15, 0.2) is 8.32 Å². The second kappa shape index (κ2) is 12.1. The number of carbonyl (C=O) groups excluding carboxylic acids is 2. The van der Waals surface area contributed by atoms with Gasteiger partial charge in [0.1, 0.15) is 11.7 Å². The van der Waals surface area contributed by atoms with E-state index in [2.05, 4.69) is 66.8 Å². The van der Waals surface area contributed by atoms with Crippen molar-refractivity contribution in [3.8, 4) is 0 Å². The van der Waals surface area contributed by atoms with Gasteiger partial charge in [-0.1, -0.05) is 71.3 Å². The van der Waals surface area contributed by atoms with Gasteiger partial charge in [-0.3, -0.25) is 9.59 Å². The molecule has 43 heavy (non-hydrogen) atoms. The Bertz CT molecular complexity index is 1130.